The van der Waals surface area contributed by atoms with Crippen LogP contribution in [0.15, 0.2) is 0 Å². The van der Waals surface area contributed by atoms with Gasteiger partial charge in [-0.25, -0.2) is 0 Å². The smallest absolute Gasteiger partial charge is 0.302 e. The fraction of sp³-hybridized carbons (Fsp3) is 0.833. The van der Waals surface area contributed by atoms with Crippen molar-refractivity contribution < 1.29 is 14.3 Å². The number of carbonyl (C=O) groups excluding carboxylic acids is 2. The minimum absolute atomic E-state index is 0.0375. The first kappa shape index (κ1) is 10.7. The number of carbonyl (C=O) groups is 2. The van der Waals surface area contributed by atoms with E-state index in [4.69, 9.17) is 4.74 Å². The molecule has 0 aromatic carbocycles. The molecular weight excluding hydrogens is 192 g/mol. The quantitative estimate of drug-likeness (QED) is 0.621. The molecule has 0 amide bonds. The molecule has 15 heavy (non-hydrogen) atoms. The van der Waals surface area contributed by atoms with Gasteiger partial charge in [0, 0.05) is 24.7 Å². The van der Waals surface area contributed by atoms with Crippen LogP contribution in [0.5, 0.6) is 0 Å². The third-order valence-corrected chi connectivity index (χ3v) is 4.74. The molecule has 3 heteroatoms. The maximum Gasteiger partial charge on any atom is 0.302 e. The first-order chi connectivity index (χ1) is 6.79. The van der Waals surface area contributed by atoms with Gasteiger partial charge in [0.1, 0.15) is 11.9 Å². The molecule has 2 rings (SSSR count). The second kappa shape index (κ2) is 2.83. The maximum absolute atomic E-state index is 11.7. The Morgan fingerprint density at radius 1 is 1.40 bits per heavy atom. The van der Waals surface area contributed by atoms with Gasteiger partial charge in [-0.2, -0.15) is 0 Å². The summed E-state index contributed by atoms with van der Waals surface area (Å²) in [5, 5.41) is 0. The number of esters is 1. The van der Waals surface area contributed by atoms with Crippen LogP contribution >= 0.6 is 0 Å². The van der Waals surface area contributed by atoms with Gasteiger partial charge >= 0.3 is 5.97 Å². The lowest BCUT2D eigenvalue weighted by Crippen LogP contribution is -2.38. The van der Waals surface area contributed by atoms with Crippen LogP contribution in [0, 0.1) is 16.7 Å². The topological polar surface area (TPSA) is 43.4 Å². The molecule has 0 saturated heterocycles. The summed E-state index contributed by atoms with van der Waals surface area (Å²) in [6.45, 7) is 7.74. The molecule has 2 aliphatic carbocycles. The van der Waals surface area contributed by atoms with E-state index in [9.17, 15) is 9.59 Å². The van der Waals surface area contributed by atoms with Crippen molar-refractivity contribution in [3.05, 3.63) is 0 Å². The number of hydrogen-bond acceptors (Lipinski definition) is 3. The molecule has 0 radical (unpaired) electrons. The molecule has 2 aliphatic rings. The summed E-state index contributed by atoms with van der Waals surface area (Å²) in [4.78, 5) is 22.8. The van der Waals surface area contributed by atoms with Gasteiger partial charge < -0.3 is 4.74 Å². The lowest BCUT2D eigenvalue weighted by atomic mass is 9.70. The molecule has 2 bridgehead atoms. The Kier molecular flexibility index (Phi) is 2.01. The van der Waals surface area contributed by atoms with E-state index < -0.39 is 0 Å². The van der Waals surface area contributed by atoms with E-state index in [1.54, 1.807) is 0 Å². The molecule has 0 aromatic heterocycles. The number of rotatable bonds is 1. The van der Waals surface area contributed by atoms with Gasteiger partial charge in [0.05, 0.1) is 0 Å². The molecule has 3 nitrogen and oxygen atoms in total. The standard InChI is InChI=1S/C12H18O3/c1-7(13)15-10-5-8-9(14)6-12(10,4)11(8,2)3/h8,10H,5-6H2,1-4H3. The Balaban J connectivity index is 2.30. The number of ketones is 1. The maximum atomic E-state index is 11.7. The summed E-state index contributed by atoms with van der Waals surface area (Å²) < 4.78 is 5.34. The van der Waals surface area contributed by atoms with Crippen LogP contribution in [-0.2, 0) is 14.3 Å². The zero-order valence-corrected chi connectivity index (χ0v) is 9.79. The fourth-order valence-electron chi connectivity index (χ4n) is 3.32. The molecule has 3 atom stereocenters. The molecule has 0 heterocycles. The predicted octanol–water partition coefficient (Wildman–Crippen LogP) is 1.94. The molecule has 0 aliphatic heterocycles. The summed E-state index contributed by atoms with van der Waals surface area (Å²) in [7, 11) is 0. The molecule has 0 N–H and O–H groups in total. The van der Waals surface area contributed by atoms with Gasteiger partial charge in [-0.3, -0.25) is 9.59 Å². The Morgan fingerprint density at radius 3 is 2.33 bits per heavy atom. The average Bonchev–Trinajstić information content (AvgIpc) is 2.33. The first-order valence-electron chi connectivity index (χ1n) is 5.49. The number of hydrogen-bond donors (Lipinski definition) is 0. The van der Waals surface area contributed by atoms with E-state index >= 15 is 0 Å². The van der Waals surface area contributed by atoms with Crippen molar-refractivity contribution >= 4 is 11.8 Å². The van der Waals surface area contributed by atoms with Gasteiger partial charge in [-0.05, 0) is 11.8 Å². The highest BCUT2D eigenvalue weighted by Gasteiger charge is 2.66. The van der Waals surface area contributed by atoms with Crippen molar-refractivity contribution in [1.29, 1.82) is 0 Å². The molecule has 3 unspecified atom stereocenters. The Morgan fingerprint density at radius 2 is 2.00 bits per heavy atom. The largest absolute Gasteiger partial charge is 0.462 e. The summed E-state index contributed by atoms with van der Waals surface area (Å²) >= 11 is 0. The van der Waals surface area contributed by atoms with Crippen LogP contribution in [0.25, 0.3) is 0 Å². The monoisotopic (exact) mass is 210 g/mol. The lowest BCUT2D eigenvalue weighted by molar-refractivity contribution is -0.155. The van der Waals surface area contributed by atoms with Crippen LogP contribution in [-0.4, -0.2) is 17.9 Å². The van der Waals surface area contributed by atoms with E-state index in [0.717, 1.165) is 0 Å². The number of Topliss-reactive ketones (excluding diaryl/α,β-unsaturated/α-hetero) is 1. The van der Waals surface area contributed by atoms with Gasteiger partial charge in [0.2, 0.25) is 0 Å². The van der Waals surface area contributed by atoms with Crippen LogP contribution in [0.3, 0.4) is 0 Å². The number of ether oxygens (including phenoxy) is 1. The Hall–Kier alpha value is -0.860. The zero-order valence-electron chi connectivity index (χ0n) is 9.79. The second-order valence-corrected chi connectivity index (χ2v) is 5.67. The molecule has 2 saturated carbocycles. The van der Waals surface area contributed by atoms with Gasteiger partial charge in [0.25, 0.3) is 0 Å². The third kappa shape index (κ3) is 1.18. The average molecular weight is 210 g/mol. The Bertz CT molecular complexity index is 332. The van der Waals surface area contributed by atoms with Crippen molar-refractivity contribution in [1.82, 2.24) is 0 Å². The van der Waals surface area contributed by atoms with Crippen LogP contribution in [0.4, 0.5) is 0 Å². The summed E-state index contributed by atoms with van der Waals surface area (Å²) in [5.41, 5.74) is -0.204. The highest BCUT2D eigenvalue weighted by molar-refractivity contribution is 5.87. The lowest BCUT2D eigenvalue weighted by Gasteiger charge is -2.37. The van der Waals surface area contributed by atoms with Crippen molar-refractivity contribution in [2.45, 2.75) is 46.6 Å². The molecule has 0 spiro atoms. The van der Waals surface area contributed by atoms with Crippen LogP contribution in [0.1, 0.15) is 40.5 Å². The van der Waals surface area contributed by atoms with Gasteiger partial charge in [-0.15, -0.1) is 0 Å². The third-order valence-electron chi connectivity index (χ3n) is 4.74. The van der Waals surface area contributed by atoms with E-state index in [2.05, 4.69) is 20.8 Å². The summed E-state index contributed by atoms with van der Waals surface area (Å²) in [5.74, 6) is 0.176. The van der Waals surface area contributed by atoms with Gasteiger partial charge in [0.15, 0.2) is 0 Å². The van der Waals surface area contributed by atoms with Crippen LogP contribution < -0.4 is 0 Å². The fourth-order valence-corrected chi connectivity index (χ4v) is 3.32. The van der Waals surface area contributed by atoms with Crippen molar-refractivity contribution in [3.8, 4) is 0 Å². The summed E-state index contributed by atoms with van der Waals surface area (Å²) in [6.07, 6.45) is 1.19. The number of fused-ring (bicyclic) bond motifs is 2. The first-order valence-corrected chi connectivity index (χ1v) is 5.49. The normalized spacial score (nSPS) is 42.0. The van der Waals surface area contributed by atoms with Crippen molar-refractivity contribution in [3.63, 3.8) is 0 Å². The predicted molar refractivity (Wildman–Crippen MR) is 55.2 cm³/mol. The van der Waals surface area contributed by atoms with Crippen molar-refractivity contribution in [2.24, 2.45) is 16.7 Å². The Labute approximate surface area is 90.2 Å². The molecule has 0 aromatic rings. The highest BCUT2D eigenvalue weighted by atomic mass is 16.5. The zero-order chi connectivity index (χ0) is 11.4. The van der Waals surface area contributed by atoms with Crippen molar-refractivity contribution in [2.75, 3.05) is 0 Å². The van der Waals surface area contributed by atoms with Gasteiger partial charge in [-0.1, -0.05) is 20.8 Å². The van der Waals surface area contributed by atoms with E-state index in [0.29, 0.717) is 18.6 Å². The molecule has 84 valence electrons. The minimum atomic E-state index is -0.239. The van der Waals surface area contributed by atoms with E-state index in [-0.39, 0.29) is 28.8 Å². The molecule has 2 fully saturated rings. The molecular formula is C12H18O3. The second-order valence-electron chi connectivity index (χ2n) is 5.67. The SMILES string of the molecule is CC(=O)OC1CC2C(=O)CC1(C)C2(C)C. The summed E-state index contributed by atoms with van der Waals surface area (Å²) in [6, 6.07) is 0. The highest BCUT2D eigenvalue weighted by Crippen LogP contribution is 2.64. The van der Waals surface area contributed by atoms with Crippen LogP contribution in [0.2, 0.25) is 0 Å². The minimum Gasteiger partial charge on any atom is -0.462 e. The van der Waals surface area contributed by atoms with E-state index in [1.807, 2.05) is 0 Å². The van der Waals surface area contributed by atoms with E-state index in [1.165, 1.54) is 6.92 Å².